The maximum atomic E-state index is 12.2. The van der Waals surface area contributed by atoms with E-state index < -0.39 is 0 Å². The van der Waals surface area contributed by atoms with Crippen molar-refractivity contribution in [2.45, 2.75) is 19.8 Å². The first-order chi connectivity index (χ1) is 10.6. The molecule has 1 aromatic heterocycles. The van der Waals surface area contributed by atoms with Crippen LogP contribution in [0.3, 0.4) is 0 Å². The van der Waals surface area contributed by atoms with Gasteiger partial charge in [0.05, 0.1) is 12.4 Å². The van der Waals surface area contributed by atoms with E-state index in [1.807, 2.05) is 24.3 Å². The standard InChI is InChI=1S/C16H19BrN4O/c1-3-4-8-21(2)16(22)14-10-19-15(11-18-14)20-13-7-5-6-12(17)9-13/h5-7,9-11H,3-4,8H2,1-2H3,(H,19,20). The van der Waals surface area contributed by atoms with Gasteiger partial charge in [0.15, 0.2) is 0 Å². The molecule has 22 heavy (non-hydrogen) atoms. The van der Waals surface area contributed by atoms with E-state index in [9.17, 15) is 4.79 Å². The highest BCUT2D eigenvalue weighted by Gasteiger charge is 2.13. The topological polar surface area (TPSA) is 58.1 Å². The van der Waals surface area contributed by atoms with Crippen molar-refractivity contribution in [1.29, 1.82) is 0 Å². The third-order valence-electron chi connectivity index (χ3n) is 3.16. The number of nitrogens with one attached hydrogen (secondary N) is 1. The van der Waals surface area contributed by atoms with Gasteiger partial charge in [0.25, 0.3) is 5.91 Å². The number of carbonyl (C=O) groups is 1. The fourth-order valence-corrected chi connectivity index (χ4v) is 2.31. The van der Waals surface area contributed by atoms with Crippen LogP contribution in [-0.2, 0) is 0 Å². The molecule has 1 heterocycles. The molecule has 0 saturated carbocycles. The Hall–Kier alpha value is -1.95. The van der Waals surface area contributed by atoms with Gasteiger partial charge in [0, 0.05) is 23.8 Å². The van der Waals surface area contributed by atoms with Gasteiger partial charge in [-0.05, 0) is 24.6 Å². The normalized spacial score (nSPS) is 10.3. The monoisotopic (exact) mass is 362 g/mol. The van der Waals surface area contributed by atoms with Gasteiger partial charge in [-0.2, -0.15) is 0 Å². The Morgan fingerprint density at radius 2 is 2.14 bits per heavy atom. The van der Waals surface area contributed by atoms with Gasteiger partial charge in [-0.1, -0.05) is 35.3 Å². The van der Waals surface area contributed by atoms with Crippen LogP contribution in [0.15, 0.2) is 41.1 Å². The van der Waals surface area contributed by atoms with Crippen LogP contribution in [0.25, 0.3) is 0 Å². The van der Waals surface area contributed by atoms with Crippen LogP contribution < -0.4 is 5.32 Å². The zero-order valence-corrected chi connectivity index (χ0v) is 14.3. The first kappa shape index (κ1) is 16.4. The summed E-state index contributed by atoms with van der Waals surface area (Å²) in [5, 5.41) is 3.15. The molecule has 6 heteroatoms. The molecule has 0 spiro atoms. The van der Waals surface area contributed by atoms with Crippen molar-refractivity contribution >= 4 is 33.3 Å². The van der Waals surface area contributed by atoms with E-state index in [2.05, 4.69) is 38.1 Å². The number of carbonyl (C=O) groups excluding carboxylic acids is 1. The third-order valence-corrected chi connectivity index (χ3v) is 3.66. The maximum absolute atomic E-state index is 12.2. The lowest BCUT2D eigenvalue weighted by Gasteiger charge is -2.16. The zero-order valence-electron chi connectivity index (χ0n) is 12.7. The van der Waals surface area contributed by atoms with Gasteiger partial charge < -0.3 is 10.2 Å². The molecule has 1 amide bonds. The zero-order chi connectivity index (χ0) is 15.9. The van der Waals surface area contributed by atoms with Crippen LogP contribution in [0.1, 0.15) is 30.3 Å². The van der Waals surface area contributed by atoms with Crippen LogP contribution in [-0.4, -0.2) is 34.4 Å². The molecule has 0 radical (unpaired) electrons. The summed E-state index contributed by atoms with van der Waals surface area (Å²) in [4.78, 5) is 22.3. The van der Waals surface area contributed by atoms with Crippen molar-refractivity contribution in [3.8, 4) is 0 Å². The van der Waals surface area contributed by atoms with Crippen molar-refractivity contribution in [2.75, 3.05) is 18.9 Å². The molecule has 5 nitrogen and oxygen atoms in total. The summed E-state index contributed by atoms with van der Waals surface area (Å²) in [5.41, 5.74) is 1.27. The first-order valence-corrected chi connectivity index (χ1v) is 7.99. The van der Waals surface area contributed by atoms with Crippen LogP contribution in [0, 0.1) is 0 Å². The van der Waals surface area contributed by atoms with Crippen LogP contribution in [0.5, 0.6) is 0 Å². The van der Waals surface area contributed by atoms with E-state index in [1.54, 1.807) is 18.1 Å². The molecular formula is C16H19BrN4O. The van der Waals surface area contributed by atoms with Gasteiger partial charge in [0.1, 0.15) is 11.5 Å². The van der Waals surface area contributed by atoms with E-state index in [-0.39, 0.29) is 5.91 Å². The quantitative estimate of drug-likeness (QED) is 0.847. The molecule has 0 aliphatic rings. The number of nitrogens with zero attached hydrogens (tertiary/aromatic N) is 3. The number of unbranched alkanes of at least 4 members (excludes halogenated alkanes) is 1. The van der Waals surface area contributed by atoms with Crippen molar-refractivity contribution in [1.82, 2.24) is 14.9 Å². The SMILES string of the molecule is CCCCN(C)C(=O)c1cnc(Nc2cccc(Br)c2)cn1. The fraction of sp³-hybridized carbons (Fsp3) is 0.312. The Balaban J connectivity index is 2.02. The number of hydrogen-bond donors (Lipinski definition) is 1. The maximum Gasteiger partial charge on any atom is 0.273 e. The van der Waals surface area contributed by atoms with E-state index in [0.717, 1.165) is 29.5 Å². The van der Waals surface area contributed by atoms with Crippen LogP contribution in [0.4, 0.5) is 11.5 Å². The minimum Gasteiger partial charge on any atom is -0.340 e. The van der Waals surface area contributed by atoms with E-state index in [0.29, 0.717) is 11.5 Å². The van der Waals surface area contributed by atoms with Gasteiger partial charge in [-0.15, -0.1) is 0 Å². The van der Waals surface area contributed by atoms with Crippen molar-refractivity contribution in [3.63, 3.8) is 0 Å². The second kappa shape index (κ2) is 7.89. The molecule has 0 atom stereocenters. The number of benzene rings is 1. The summed E-state index contributed by atoms with van der Waals surface area (Å²) in [5.74, 6) is 0.501. The fourth-order valence-electron chi connectivity index (χ4n) is 1.91. The summed E-state index contributed by atoms with van der Waals surface area (Å²) in [6.45, 7) is 2.83. The minimum absolute atomic E-state index is 0.102. The van der Waals surface area contributed by atoms with Crippen LogP contribution >= 0.6 is 15.9 Å². The first-order valence-electron chi connectivity index (χ1n) is 7.20. The lowest BCUT2D eigenvalue weighted by atomic mass is 10.3. The van der Waals surface area contributed by atoms with Gasteiger partial charge in [0.2, 0.25) is 0 Å². The third kappa shape index (κ3) is 4.53. The smallest absolute Gasteiger partial charge is 0.273 e. The van der Waals surface area contributed by atoms with Crippen molar-refractivity contribution in [3.05, 3.63) is 46.8 Å². The molecule has 116 valence electrons. The van der Waals surface area contributed by atoms with E-state index in [1.165, 1.54) is 6.20 Å². The molecule has 0 saturated heterocycles. The largest absolute Gasteiger partial charge is 0.340 e. The van der Waals surface area contributed by atoms with Crippen molar-refractivity contribution < 1.29 is 4.79 Å². The predicted molar refractivity (Wildman–Crippen MR) is 91.3 cm³/mol. The highest BCUT2D eigenvalue weighted by Crippen LogP contribution is 2.18. The van der Waals surface area contributed by atoms with E-state index >= 15 is 0 Å². The molecule has 0 bridgehead atoms. The van der Waals surface area contributed by atoms with Gasteiger partial charge in [-0.3, -0.25) is 4.79 Å². The average molecular weight is 363 g/mol. The highest BCUT2D eigenvalue weighted by molar-refractivity contribution is 9.10. The van der Waals surface area contributed by atoms with E-state index in [4.69, 9.17) is 0 Å². The lowest BCUT2D eigenvalue weighted by molar-refractivity contribution is 0.0787. The summed E-state index contributed by atoms with van der Waals surface area (Å²) in [6, 6.07) is 7.76. The summed E-state index contributed by atoms with van der Waals surface area (Å²) in [6.07, 6.45) is 5.11. The lowest BCUT2D eigenvalue weighted by Crippen LogP contribution is -2.28. The number of anilines is 2. The summed E-state index contributed by atoms with van der Waals surface area (Å²) >= 11 is 3.42. The number of amides is 1. The highest BCUT2D eigenvalue weighted by atomic mass is 79.9. The Morgan fingerprint density at radius 3 is 2.77 bits per heavy atom. The number of aromatic nitrogens is 2. The molecule has 0 aliphatic heterocycles. The predicted octanol–water partition coefficient (Wildman–Crippen LogP) is 3.85. The number of rotatable bonds is 6. The molecule has 0 unspecified atom stereocenters. The van der Waals surface area contributed by atoms with Crippen LogP contribution in [0.2, 0.25) is 0 Å². The van der Waals surface area contributed by atoms with Gasteiger partial charge >= 0.3 is 0 Å². The molecule has 1 aromatic carbocycles. The Bertz CT molecular complexity index is 630. The molecule has 2 aromatic rings. The summed E-state index contributed by atoms with van der Waals surface area (Å²) < 4.78 is 0.981. The molecule has 0 fully saturated rings. The molecule has 1 N–H and O–H groups in total. The minimum atomic E-state index is -0.102. The van der Waals surface area contributed by atoms with Crippen molar-refractivity contribution in [2.24, 2.45) is 0 Å². The Labute approximate surface area is 138 Å². The molecule has 2 rings (SSSR count). The average Bonchev–Trinajstić information content (AvgIpc) is 2.52. The Morgan fingerprint density at radius 1 is 1.32 bits per heavy atom. The number of hydrogen-bond acceptors (Lipinski definition) is 4. The molecule has 0 aliphatic carbocycles. The Kier molecular flexibility index (Phi) is 5.89. The molecular weight excluding hydrogens is 344 g/mol. The number of halogens is 1. The second-order valence-electron chi connectivity index (χ2n) is 5.00. The second-order valence-corrected chi connectivity index (χ2v) is 5.92. The summed E-state index contributed by atoms with van der Waals surface area (Å²) in [7, 11) is 1.79. The van der Waals surface area contributed by atoms with Gasteiger partial charge in [-0.25, -0.2) is 9.97 Å².